The van der Waals surface area contributed by atoms with Gasteiger partial charge in [-0.05, 0) is 0 Å². The molecular weight excluding hydrogens is 184 g/mol. The summed E-state index contributed by atoms with van der Waals surface area (Å²) in [6.07, 6.45) is 0. The van der Waals surface area contributed by atoms with Crippen LogP contribution in [0.2, 0.25) is 0 Å². The summed E-state index contributed by atoms with van der Waals surface area (Å²) in [7, 11) is 0. The molecule has 0 aliphatic rings. The summed E-state index contributed by atoms with van der Waals surface area (Å²) in [6.45, 7) is 0. The van der Waals surface area contributed by atoms with Gasteiger partial charge in [-0.1, -0.05) is 0 Å². The second kappa shape index (κ2) is 3.15. The van der Waals surface area contributed by atoms with E-state index in [9.17, 15) is 0 Å². The second-order valence-corrected chi connectivity index (χ2v) is 2.32. The predicted molar refractivity (Wildman–Crippen MR) is 6.44 cm³/mol. The fourth-order valence-corrected chi connectivity index (χ4v) is 0. The molecule has 6 heavy (non-hydrogen) atoms. The van der Waals surface area contributed by atoms with E-state index in [4.69, 9.17) is 16.0 Å². The van der Waals surface area contributed by atoms with Gasteiger partial charge < -0.3 is 0 Å². The van der Waals surface area contributed by atoms with Crippen molar-refractivity contribution in [1.82, 2.24) is 0 Å². The summed E-state index contributed by atoms with van der Waals surface area (Å²) in [6, 6.07) is 0. The van der Waals surface area contributed by atoms with E-state index in [1.165, 1.54) is 0 Å². The molecule has 0 N–H and O–H groups in total. The average molecular weight is 184 g/mol. The van der Waals surface area contributed by atoms with E-state index in [-0.39, 0.29) is 25.8 Å². The number of hydrogen-bond donors (Lipinski definition) is 0. The molecule has 0 heterocycles. The van der Waals surface area contributed by atoms with E-state index < -0.39 is 14.5 Å². The zero-order valence-electron chi connectivity index (χ0n) is 2.66. The first-order valence-electron chi connectivity index (χ1n) is 0.730. The third kappa shape index (κ3) is 70.2. The maximum atomic E-state index is 8.61. The summed E-state index contributed by atoms with van der Waals surface area (Å²) in [4.78, 5) is 0. The molecule has 0 aliphatic heterocycles. The normalized spacial score (nSPS) is 9.83. The van der Waals surface area contributed by atoms with Crippen molar-refractivity contribution in [3.05, 3.63) is 0 Å². The molecule has 32 valence electrons. The smallest absolute Gasteiger partial charge is 3.00 e. The first-order chi connectivity index (χ1) is 2.00. The van der Waals surface area contributed by atoms with Gasteiger partial charge in [0.15, 0.2) is 0 Å². The van der Waals surface area contributed by atoms with Crippen LogP contribution in [-0.2, 0) is 29.6 Å². The summed E-state index contributed by atoms with van der Waals surface area (Å²) < 4.78 is 34.4. The Bertz CT molecular complexity index is 53.7. The van der Waals surface area contributed by atoms with E-state index >= 15 is 0 Å². The van der Waals surface area contributed by atoms with Gasteiger partial charge in [0.2, 0.25) is 0 Å². The minimum absolute atomic E-state index is 0. The molecule has 0 aromatic rings. The summed E-state index contributed by atoms with van der Waals surface area (Å²) >= 11 is -5.88. The van der Waals surface area contributed by atoms with Crippen molar-refractivity contribution < 1.29 is 41.9 Å². The Morgan fingerprint density at radius 3 is 1.17 bits per heavy atom. The summed E-state index contributed by atoms with van der Waals surface area (Å²) in [5.74, 6) is 0. The molecule has 0 saturated carbocycles. The Morgan fingerprint density at radius 1 is 1.17 bits per heavy atom. The molecule has 0 amide bonds. The molecule has 0 radical (unpaired) electrons. The van der Waals surface area contributed by atoms with E-state index in [0.717, 1.165) is 0 Å². The van der Waals surface area contributed by atoms with Crippen LogP contribution in [-0.4, -0.2) is 14.5 Å². The minimum atomic E-state index is -5.88. The minimum Gasteiger partial charge on any atom is 3.00 e. The molecule has 4 nitrogen and oxygen atoms in total. The Balaban J connectivity index is 0. The first kappa shape index (κ1) is 10.2. The zero-order valence-corrected chi connectivity index (χ0v) is 6.34. The number of hydrogen-bond acceptors (Lipinski definition) is 4. The SMILES string of the molecule is O=[As]([O-])([O-])[O-].[Sc+3]. The topological polar surface area (TPSA) is 86.2 Å². The van der Waals surface area contributed by atoms with Gasteiger partial charge in [-0.25, -0.2) is 0 Å². The molecule has 0 aromatic heterocycles. The molecule has 0 bridgehead atoms. The van der Waals surface area contributed by atoms with Crippen LogP contribution in [0.15, 0.2) is 0 Å². The first-order valence-corrected chi connectivity index (χ1v) is 3.79. The van der Waals surface area contributed by atoms with Crippen LogP contribution in [0, 0.1) is 0 Å². The van der Waals surface area contributed by atoms with Crippen LogP contribution < -0.4 is 12.3 Å². The molecule has 0 unspecified atom stereocenters. The third-order valence-electron chi connectivity index (χ3n) is 0. The Morgan fingerprint density at radius 2 is 1.17 bits per heavy atom. The Kier molecular flexibility index (Phi) is 5.34. The van der Waals surface area contributed by atoms with Crippen molar-refractivity contribution in [3.63, 3.8) is 0 Å². The van der Waals surface area contributed by atoms with E-state index in [0.29, 0.717) is 0 Å². The molecule has 0 aromatic carbocycles. The summed E-state index contributed by atoms with van der Waals surface area (Å²) in [5, 5.41) is 0. The molecule has 0 fully saturated rings. The molecule has 0 aliphatic carbocycles. The molecule has 0 saturated heterocycles. The molecule has 0 spiro atoms. The van der Waals surface area contributed by atoms with Gasteiger partial charge in [-0.15, -0.1) is 0 Å². The van der Waals surface area contributed by atoms with Gasteiger partial charge in [0, 0.05) is 0 Å². The van der Waals surface area contributed by atoms with Crippen molar-refractivity contribution in [3.8, 4) is 0 Å². The maximum absolute atomic E-state index is 8.61. The Labute approximate surface area is 56.3 Å². The van der Waals surface area contributed by atoms with Crippen molar-refractivity contribution in [2.45, 2.75) is 0 Å². The monoisotopic (exact) mass is 184 g/mol. The molecule has 6 heteroatoms. The van der Waals surface area contributed by atoms with Gasteiger partial charge in [0.25, 0.3) is 0 Å². The third-order valence-corrected chi connectivity index (χ3v) is 0. The average Bonchev–Trinajstić information content (AvgIpc) is 0.722. The molecule has 0 atom stereocenters. The van der Waals surface area contributed by atoms with Crippen LogP contribution in [0.4, 0.5) is 0 Å². The van der Waals surface area contributed by atoms with Crippen LogP contribution >= 0.6 is 0 Å². The van der Waals surface area contributed by atoms with Crippen molar-refractivity contribution in [2.75, 3.05) is 0 Å². The van der Waals surface area contributed by atoms with Crippen LogP contribution in [0.3, 0.4) is 0 Å². The Hall–Kier alpha value is 1.11. The van der Waals surface area contributed by atoms with Gasteiger partial charge in [0.1, 0.15) is 0 Å². The van der Waals surface area contributed by atoms with Crippen LogP contribution in [0.1, 0.15) is 0 Å². The standard InChI is InChI=1S/AsH3O4.Sc/c2-1(3,4)5;/h(H3,2,3,4,5);/q;+3/p-3. The summed E-state index contributed by atoms with van der Waals surface area (Å²) in [5.41, 5.74) is 0. The van der Waals surface area contributed by atoms with E-state index in [1.807, 2.05) is 0 Å². The van der Waals surface area contributed by atoms with E-state index in [1.54, 1.807) is 0 Å². The maximum Gasteiger partial charge on any atom is 3.00 e. The van der Waals surface area contributed by atoms with Gasteiger partial charge >= 0.3 is 56.4 Å². The van der Waals surface area contributed by atoms with Crippen molar-refractivity contribution >= 4 is 14.5 Å². The number of rotatable bonds is 0. The zero-order chi connectivity index (χ0) is 4.50. The van der Waals surface area contributed by atoms with Gasteiger partial charge in [-0.3, -0.25) is 0 Å². The molecule has 0 rings (SSSR count). The quantitative estimate of drug-likeness (QED) is 0.358. The van der Waals surface area contributed by atoms with Crippen LogP contribution in [0.25, 0.3) is 0 Å². The predicted octanol–water partition coefficient (Wildman–Crippen LogP) is -4.07. The fraction of sp³-hybridized carbons (Fsp3) is 0. The fourth-order valence-electron chi connectivity index (χ4n) is 0. The van der Waals surface area contributed by atoms with Gasteiger partial charge in [0.05, 0.1) is 0 Å². The second-order valence-electron chi connectivity index (χ2n) is 0.447. The largest absolute Gasteiger partial charge is 3.00 e. The van der Waals surface area contributed by atoms with Crippen molar-refractivity contribution in [2.24, 2.45) is 0 Å². The van der Waals surface area contributed by atoms with Crippen molar-refractivity contribution in [1.29, 1.82) is 0 Å². The van der Waals surface area contributed by atoms with Gasteiger partial charge in [-0.2, -0.15) is 0 Å². The van der Waals surface area contributed by atoms with E-state index in [2.05, 4.69) is 0 Å². The van der Waals surface area contributed by atoms with Crippen LogP contribution in [0.5, 0.6) is 0 Å². The molecular formula is AsO4Sc.